The quantitative estimate of drug-likeness (QED) is 0.686. The molecule has 3 aliphatic rings. The van der Waals surface area contributed by atoms with Crippen molar-refractivity contribution in [2.75, 3.05) is 39.4 Å². The van der Waals surface area contributed by atoms with Crippen molar-refractivity contribution in [1.29, 1.82) is 0 Å². The Balaban J connectivity index is 1.47. The average Bonchev–Trinajstić information content (AvgIpc) is 3.10. The fraction of sp³-hybridized carbons (Fsp3) is 1.00. The maximum atomic E-state index is 5.84. The van der Waals surface area contributed by atoms with E-state index in [1.807, 2.05) is 0 Å². The lowest BCUT2D eigenvalue weighted by Gasteiger charge is -2.45. The van der Waals surface area contributed by atoms with Crippen molar-refractivity contribution in [3.63, 3.8) is 0 Å². The van der Waals surface area contributed by atoms with Crippen LogP contribution in [0.1, 0.15) is 39.5 Å². The molecular formula is C16H30N2O. The zero-order valence-electron chi connectivity index (χ0n) is 12.7. The molecule has 1 aliphatic carbocycles. The van der Waals surface area contributed by atoms with Crippen LogP contribution in [0.25, 0.3) is 0 Å². The van der Waals surface area contributed by atoms with Crippen LogP contribution < -0.4 is 0 Å². The largest absolute Gasteiger partial charge is 0.380 e. The predicted molar refractivity (Wildman–Crippen MR) is 78.3 cm³/mol. The van der Waals surface area contributed by atoms with E-state index >= 15 is 0 Å². The number of hydrogen-bond donors (Lipinski definition) is 0. The van der Waals surface area contributed by atoms with Gasteiger partial charge in [0.1, 0.15) is 0 Å². The highest BCUT2D eigenvalue weighted by Gasteiger charge is 2.37. The molecule has 19 heavy (non-hydrogen) atoms. The van der Waals surface area contributed by atoms with E-state index in [4.69, 9.17) is 4.74 Å². The van der Waals surface area contributed by atoms with Crippen molar-refractivity contribution in [2.24, 2.45) is 11.8 Å². The summed E-state index contributed by atoms with van der Waals surface area (Å²) in [5.74, 6) is 1.65. The van der Waals surface area contributed by atoms with E-state index in [9.17, 15) is 0 Å². The van der Waals surface area contributed by atoms with Gasteiger partial charge in [0.2, 0.25) is 0 Å². The number of hydrogen-bond acceptors (Lipinski definition) is 3. The van der Waals surface area contributed by atoms with Crippen LogP contribution in [0.4, 0.5) is 0 Å². The van der Waals surface area contributed by atoms with E-state index in [2.05, 4.69) is 23.6 Å². The van der Waals surface area contributed by atoms with Crippen molar-refractivity contribution in [2.45, 2.75) is 51.6 Å². The van der Waals surface area contributed by atoms with Gasteiger partial charge in [0.25, 0.3) is 0 Å². The molecule has 0 aromatic rings. The molecule has 0 bridgehead atoms. The zero-order valence-corrected chi connectivity index (χ0v) is 12.7. The van der Waals surface area contributed by atoms with Gasteiger partial charge in [0.15, 0.2) is 0 Å². The summed E-state index contributed by atoms with van der Waals surface area (Å²) in [5, 5.41) is 0. The molecule has 110 valence electrons. The predicted octanol–water partition coefficient (Wildman–Crippen LogP) is 2.22. The minimum atomic E-state index is 0.735. The lowest BCUT2D eigenvalue weighted by molar-refractivity contribution is 0.00620. The molecule has 0 aromatic carbocycles. The lowest BCUT2D eigenvalue weighted by atomic mass is 9.97. The Hall–Kier alpha value is -0.120. The molecule has 2 saturated heterocycles. The van der Waals surface area contributed by atoms with Crippen LogP contribution in [0.3, 0.4) is 0 Å². The highest BCUT2D eigenvalue weighted by Crippen LogP contribution is 2.29. The summed E-state index contributed by atoms with van der Waals surface area (Å²) in [7, 11) is 0. The maximum absolute atomic E-state index is 5.84. The molecule has 1 saturated carbocycles. The van der Waals surface area contributed by atoms with Crippen LogP contribution in [0.5, 0.6) is 0 Å². The first kappa shape index (κ1) is 13.8. The van der Waals surface area contributed by atoms with Gasteiger partial charge >= 0.3 is 0 Å². The Bertz CT molecular complexity index is 290. The Kier molecular flexibility index (Phi) is 4.45. The van der Waals surface area contributed by atoms with E-state index in [1.54, 1.807) is 0 Å². The first-order valence-electron chi connectivity index (χ1n) is 8.30. The van der Waals surface area contributed by atoms with Gasteiger partial charge in [0, 0.05) is 38.3 Å². The van der Waals surface area contributed by atoms with Crippen molar-refractivity contribution in [1.82, 2.24) is 9.80 Å². The zero-order chi connectivity index (χ0) is 13.2. The third kappa shape index (κ3) is 3.50. The molecule has 3 heteroatoms. The van der Waals surface area contributed by atoms with Crippen molar-refractivity contribution in [3.05, 3.63) is 0 Å². The van der Waals surface area contributed by atoms with Crippen LogP contribution in [0.15, 0.2) is 0 Å². The van der Waals surface area contributed by atoms with Crippen LogP contribution in [-0.4, -0.2) is 61.3 Å². The first-order valence-corrected chi connectivity index (χ1v) is 8.30. The number of piperazine rings is 1. The number of rotatable bonds is 6. The lowest BCUT2D eigenvalue weighted by Crippen LogP contribution is -2.58. The minimum Gasteiger partial charge on any atom is -0.380 e. The smallest absolute Gasteiger partial charge is 0.0593 e. The fourth-order valence-corrected chi connectivity index (χ4v) is 3.71. The highest BCUT2D eigenvalue weighted by atomic mass is 16.5. The van der Waals surface area contributed by atoms with E-state index in [0.717, 1.165) is 43.7 Å². The third-order valence-electron chi connectivity index (χ3n) is 5.18. The molecule has 0 spiro atoms. The molecular weight excluding hydrogens is 236 g/mol. The molecule has 0 N–H and O–H groups in total. The van der Waals surface area contributed by atoms with Crippen molar-refractivity contribution >= 4 is 0 Å². The number of fused-ring (bicyclic) bond motifs is 1. The summed E-state index contributed by atoms with van der Waals surface area (Å²) in [6.45, 7) is 11.7. The summed E-state index contributed by atoms with van der Waals surface area (Å²) >= 11 is 0. The second-order valence-electron chi connectivity index (χ2n) is 7.12. The number of nitrogens with zero attached hydrogens (tertiary/aromatic N) is 2. The third-order valence-corrected chi connectivity index (χ3v) is 5.18. The van der Waals surface area contributed by atoms with Crippen LogP contribution in [0, 0.1) is 11.8 Å². The minimum absolute atomic E-state index is 0.735. The molecule has 2 unspecified atom stereocenters. The SMILES string of the molecule is CC(C)C1CN2CCCC2CN1CCOCC1CC1. The Labute approximate surface area is 118 Å². The molecule has 3 rings (SSSR count). The summed E-state index contributed by atoms with van der Waals surface area (Å²) in [4.78, 5) is 5.44. The Morgan fingerprint density at radius 2 is 2.00 bits per heavy atom. The summed E-state index contributed by atoms with van der Waals surface area (Å²) in [5.41, 5.74) is 0. The van der Waals surface area contributed by atoms with Gasteiger partial charge in [-0.25, -0.2) is 0 Å². The number of ether oxygens (including phenoxy) is 1. The second kappa shape index (κ2) is 6.11. The first-order chi connectivity index (χ1) is 9.24. The fourth-order valence-electron chi connectivity index (χ4n) is 3.71. The monoisotopic (exact) mass is 266 g/mol. The van der Waals surface area contributed by atoms with E-state index in [-0.39, 0.29) is 0 Å². The van der Waals surface area contributed by atoms with Crippen molar-refractivity contribution < 1.29 is 4.74 Å². The second-order valence-corrected chi connectivity index (χ2v) is 7.12. The van der Waals surface area contributed by atoms with Gasteiger partial charge in [0.05, 0.1) is 6.61 Å². The van der Waals surface area contributed by atoms with Gasteiger partial charge < -0.3 is 4.74 Å². The van der Waals surface area contributed by atoms with Crippen LogP contribution >= 0.6 is 0 Å². The topological polar surface area (TPSA) is 15.7 Å². The maximum Gasteiger partial charge on any atom is 0.0593 e. The standard InChI is InChI=1S/C16H30N2O/c1-13(2)16-11-17-7-3-4-15(17)10-18(16)8-9-19-12-14-5-6-14/h13-16H,3-12H2,1-2H3. The average molecular weight is 266 g/mol. The normalized spacial score (nSPS) is 33.0. The molecule has 0 radical (unpaired) electrons. The summed E-state index contributed by atoms with van der Waals surface area (Å²) < 4.78 is 5.84. The van der Waals surface area contributed by atoms with Gasteiger partial charge in [-0.2, -0.15) is 0 Å². The van der Waals surface area contributed by atoms with Crippen molar-refractivity contribution in [3.8, 4) is 0 Å². The van der Waals surface area contributed by atoms with Gasteiger partial charge in [-0.15, -0.1) is 0 Å². The van der Waals surface area contributed by atoms with E-state index in [0.29, 0.717) is 0 Å². The van der Waals surface area contributed by atoms with Crippen LogP contribution in [0.2, 0.25) is 0 Å². The van der Waals surface area contributed by atoms with E-state index < -0.39 is 0 Å². The van der Waals surface area contributed by atoms with E-state index in [1.165, 1.54) is 45.3 Å². The van der Waals surface area contributed by atoms with Gasteiger partial charge in [-0.3, -0.25) is 9.80 Å². The highest BCUT2D eigenvalue weighted by molar-refractivity contribution is 4.93. The molecule has 2 heterocycles. The Morgan fingerprint density at radius 1 is 1.16 bits per heavy atom. The van der Waals surface area contributed by atoms with Gasteiger partial charge in [-0.05, 0) is 44.1 Å². The molecule has 3 fully saturated rings. The Morgan fingerprint density at radius 3 is 2.74 bits per heavy atom. The molecule has 3 nitrogen and oxygen atoms in total. The molecule has 0 aromatic heterocycles. The molecule has 0 amide bonds. The summed E-state index contributed by atoms with van der Waals surface area (Å²) in [6, 6.07) is 1.57. The van der Waals surface area contributed by atoms with Crippen LogP contribution in [-0.2, 0) is 4.74 Å². The van der Waals surface area contributed by atoms with Gasteiger partial charge in [-0.1, -0.05) is 13.8 Å². The summed E-state index contributed by atoms with van der Waals surface area (Å²) in [6.07, 6.45) is 5.61. The molecule has 2 aliphatic heterocycles. The molecule has 2 atom stereocenters.